The van der Waals surface area contributed by atoms with Gasteiger partial charge in [0.15, 0.2) is 17.5 Å². The minimum atomic E-state index is -1.60. The first-order valence-corrected chi connectivity index (χ1v) is 11.2. The van der Waals surface area contributed by atoms with Gasteiger partial charge in [-0.2, -0.15) is 0 Å². The van der Waals surface area contributed by atoms with E-state index in [4.69, 9.17) is 11.6 Å². The lowest BCUT2D eigenvalue weighted by atomic mass is 9.77. The Morgan fingerprint density at radius 2 is 1.74 bits per heavy atom. The lowest BCUT2D eigenvalue weighted by Crippen LogP contribution is -2.44. The second-order valence-electron chi connectivity index (χ2n) is 8.32. The summed E-state index contributed by atoms with van der Waals surface area (Å²) in [6.07, 6.45) is 2.97. The Labute approximate surface area is 186 Å². The predicted octanol–water partition coefficient (Wildman–Crippen LogP) is 5.01. The fourth-order valence-electron chi connectivity index (χ4n) is 4.67. The molecule has 4 rings (SSSR count). The summed E-state index contributed by atoms with van der Waals surface area (Å²) in [4.78, 5) is 13.3. The van der Waals surface area contributed by atoms with Gasteiger partial charge in [-0.3, -0.25) is 4.79 Å². The number of anilines is 1. The van der Waals surface area contributed by atoms with Crippen LogP contribution >= 0.6 is 23.4 Å². The number of carbonyl (C=O) groups is 1. The van der Waals surface area contributed by atoms with Crippen molar-refractivity contribution in [2.75, 3.05) is 11.9 Å². The molecule has 1 amide bonds. The molecule has 0 aromatic heterocycles. The van der Waals surface area contributed by atoms with Gasteiger partial charge in [0.25, 0.3) is 5.91 Å². The monoisotopic (exact) mass is 471 g/mol. The van der Waals surface area contributed by atoms with Gasteiger partial charge in [0, 0.05) is 33.5 Å². The Balaban J connectivity index is 1.51. The highest BCUT2D eigenvalue weighted by Crippen LogP contribution is 2.53. The molecule has 2 bridgehead atoms. The number of hydrogen-bond acceptors (Lipinski definition) is 4. The van der Waals surface area contributed by atoms with E-state index in [1.165, 1.54) is 6.07 Å². The van der Waals surface area contributed by atoms with Crippen LogP contribution in [-0.4, -0.2) is 33.6 Å². The highest BCUT2D eigenvalue weighted by Gasteiger charge is 2.49. The molecule has 4 atom stereocenters. The molecule has 31 heavy (non-hydrogen) atoms. The van der Waals surface area contributed by atoms with Crippen molar-refractivity contribution < 1.29 is 28.2 Å². The van der Waals surface area contributed by atoms with Crippen LogP contribution in [0.4, 0.5) is 18.9 Å². The number of amides is 1. The number of nitrogens with one attached hydrogen (secondary N) is 1. The van der Waals surface area contributed by atoms with Crippen molar-refractivity contribution in [2.24, 2.45) is 11.8 Å². The number of aliphatic hydroxyl groups excluding tert-OH is 1. The summed E-state index contributed by atoms with van der Waals surface area (Å²) in [6, 6.07) is 6.12. The van der Waals surface area contributed by atoms with Gasteiger partial charge < -0.3 is 15.5 Å². The molecular formula is C22H21ClF3NO3S. The normalized spacial score (nSPS) is 27.4. The molecule has 0 saturated heterocycles. The van der Waals surface area contributed by atoms with E-state index in [9.17, 15) is 28.2 Å². The largest absolute Gasteiger partial charge is 0.393 e. The maximum Gasteiger partial charge on any atom is 0.255 e. The van der Waals surface area contributed by atoms with Crippen LogP contribution in [0.2, 0.25) is 5.02 Å². The fraction of sp³-hybridized carbons (Fsp3) is 0.409. The van der Waals surface area contributed by atoms with Crippen LogP contribution in [0.1, 0.15) is 36.0 Å². The molecule has 166 valence electrons. The molecular weight excluding hydrogens is 451 g/mol. The molecule has 4 nitrogen and oxygen atoms in total. The standard InChI is InChI=1S/C22H21ClF3NO3S/c23-15-4-3-11(21(29)27-14-6-16(24)19(26)17(25)7-14)5-18(15)31-20-12-1-2-13(20)9-22(30,8-12)10-28/h3-7,12-13,20,28,30H,1-2,8-10H2,(H,27,29)/t12-,13?,20?,22+/m0/s1. The Kier molecular flexibility index (Phi) is 6.27. The van der Waals surface area contributed by atoms with E-state index in [2.05, 4.69) is 5.32 Å². The van der Waals surface area contributed by atoms with Crippen molar-refractivity contribution in [1.82, 2.24) is 0 Å². The van der Waals surface area contributed by atoms with E-state index in [0.717, 1.165) is 12.8 Å². The Bertz CT molecular complexity index is 984. The van der Waals surface area contributed by atoms with Crippen molar-refractivity contribution in [3.63, 3.8) is 0 Å². The van der Waals surface area contributed by atoms with Crippen LogP contribution in [0.15, 0.2) is 35.2 Å². The van der Waals surface area contributed by atoms with Crippen LogP contribution in [-0.2, 0) is 0 Å². The first-order chi connectivity index (χ1) is 14.7. The number of rotatable bonds is 5. The average molecular weight is 472 g/mol. The van der Waals surface area contributed by atoms with Gasteiger partial charge >= 0.3 is 0 Å². The van der Waals surface area contributed by atoms with E-state index in [1.54, 1.807) is 23.9 Å². The molecule has 9 heteroatoms. The van der Waals surface area contributed by atoms with Crippen molar-refractivity contribution in [3.8, 4) is 0 Å². The number of aliphatic hydroxyl groups is 2. The van der Waals surface area contributed by atoms with E-state index in [0.29, 0.717) is 34.9 Å². The first kappa shape index (κ1) is 22.5. The van der Waals surface area contributed by atoms with Gasteiger partial charge in [0.2, 0.25) is 0 Å². The molecule has 2 aromatic rings. The van der Waals surface area contributed by atoms with Gasteiger partial charge in [-0.05, 0) is 55.7 Å². The summed E-state index contributed by atoms with van der Waals surface area (Å²) in [5.41, 5.74) is -0.986. The van der Waals surface area contributed by atoms with Gasteiger partial charge in [0.1, 0.15) is 0 Å². The molecule has 2 fully saturated rings. The lowest BCUT2D eigenvalue weighted by molar-refractivity contribution is -0.0590. The SMILES string of the molecule is O=C(Nc1cc(F)c(F)c(F)c1)c1ccc(Cl)c(SC2C3CC[C@H]2C[C@](O)(CO)C3)c1. The quantitative estimate of drug-likeness (QED) is 0.536. The molecule has 2 aliphatic rings. The fourth-order valence-corrected chi connectivity index (χ4v) is 6.44. The van der Waals surface area contributed by atoms with Crippen LogP contribution < -0.4 is 5.32 Å². The Hall–Kier alpha value is -1.74. The molecule has 2 saturated carbocycles. The smallest absolute Gasteiger partial charge is 0.255 e. The summed E-state index contributed by atoms with van der Waals surface area (Å²) in [5.74, 6) is -4.51. The number of halogens is 4. The molecule has 0 heterocycles. The van der Waals surface area contributed by atoms with Gasteiger partial charge in [-0.25, -0.2) is 13.2 Å². The van der Waals surface area contributed by atoms with E-state index < -0.39 is 29.0 Å². The van der Waals surface area contributed by atoms with Crippen LogP contribution in [0.3, 0.4) is 0 Å². The summed E-state index contributed by atoms with van der Waals surface area (Å²) < 4.78 is 39.9. The predicted molar refractivity (Wildman–Crippen MR) is 113 cm³/mol. The molecule has 2 aliphatic carbocycles. The number of hydrogen-bond donors (Lipinski definition) is 3. The van der Waals surface area contributed by atoms with Crippen molar-refractivity contribution >= 4 is 35.0 Å². The lowest BCUT2D eigenvalue weighted by Gasteiger charge is -2.40. The van der Waals surface area contributed by atoms with Crippen molar-refractivity contribution in [3.05, 3.63) is 58.4 Å². The van der Waals surface area contributed by atoms with Crippen LogP contribution in [0.5, 0.6) is 0 Å². The van der Waals surface area contributed by atoms with E-state index in [-0.39, 0.29) is 34.9 Å². The summed E-state index contributed by atoms with van der Waals surface area (Å²) in [7, 11) is 0. The second-order valence-corrected chi connectivity index (χ2v) is 9.95. The molecule has 0 radical (unpaired) electrons. The second kappa shape index (κ2) is 8.65. The maximum absolute atomic E-state index is 13.4. The Morgan fingerprint density at radius 1 is 1.13 bits per heavy atom. The number of thioether (sulfide) groups is 1. The minimum Gasteiger partial charge on any atom is -0.393 e. The maximum atomic E-state index is 13.4. The average Bonchev–Trinajstić information content (AvgIpc) is 2.97. The van der Waals surface area contributed by atoms with Gasteiger partial charge in [-0.1, -0.05) is 11.6 Å². The van der Waals surface area contributed by atoms with E-state index >= 15 is 0 Å². The van der Waals surface area contributed by atoms with Gasteiger partial charge in [0.05, 0.1) is 17.2 Å². The molecule has 3 N–H and O–H groups in total. The minimum absolute atomic E-state index is 0.195. The van der Waals surface area contributed by atoms with Crippen LogP contribution in [0.25, 0.3) is 0 Å². The summed E-state index contributed by atoms with van der Waals surface area (Å²) in [6.45, 7) is -0.252. The molecule has 0 aliphatic heterocycles. The number of carbonyl (C=O) groups excluding carboxylic acids is 1. The highest BCUT2D eigenvalue weighted by atomic mass is 35.5. The molecule has 0 spiro atoms. The zero-order valence-electron chi connectivity index (χ0n) is 16.4. The van der Waals surface area contributed by atoms with Crippen molar-refractivity contribution in [1.29, 1.82) is 0 Å². The van der Waals surface area contributed by atoms with E-state index in [1.807, 2.05) is 0 Å². The van der Waals surface area contributed by atoms with Crippen LogP contribution in [0, 0.1) is 29.3 Å². The molecule has 2 aromatic carbocycles. The number of fused-ring (bicyclic) bond motifs is 2. The third-order valence-electron chi connectivity index (χ3n) is 6.11. The topological polar surface area (TPSA) is 69.6 Å². The summed E-state index contributed by atoms with van der Waals surface area (Å²) >= 11 is 7.91. The Morgan fingerprint density at radius 3 is 2.32 bits per heavy atom. The zero-order chi connectivity index (χ0) is 22.3. The highest BCUT2D eigenvalue weighted by molar-refractivity contribution is 8.00. The third kappa shape index (κ3) is 4.58. The zero-order valence-corrected chi connectivity index (χ0v) is 17.9. The molecule has 2 unspecified atom stereocenters. The van der Waals surface area contributed by atoms with Gasteiger partial charge in [-0.15, -0.1) is 11.8 Å². The first-order valence-electron chi connectivity index (χ1n) is 9.94. The van der Waals surface area contributed by atoms with Crippen molar-refractivity contribution in [2.45, 2.75) is 41.4 Å². The summed E-state index contributed by atoms with van der Waals surface area (Å²) in [5, 5.41) is 23.1. The third-order valence-corrected chi connectivity index (χ3v) is 8.19. The number of benzene rings is 2.